The second-order valence-corrected chi connectivity index (χ2v) is 4.14. The molecule has 0 unspecified atom stereocenters. The van der Waals surface area contributed by atoms with Crippen molar-refractivity contribution in [3.8, 4) is 6.07 Å². The van der Waals surface area contributed by atoms with E-state index in [1.165, 1.54) is 17.3 Å². The average Bonchev–Trinajstić information content (AvgIpc) is 2.99. The predicted octanol–water partition coefficient (Wildman–Crippen LogP) is 1.44. The number of hydrogen-bond acceptors (Lipinski definition) is 5. The minimum atomic E-state index is -0.788. The lowest BCUT2D eigenvalue weighted by atomic mass is 10.1. The summed E-state index contributed by atoms with van der Waals surface area (Å²) in [6, 6.07) is 9.60. The number of primary amides is 1. The van der Waals surface area contributed by atoms with E-state index in [1.807, 2.05) is 24.3 Å². The van der Waals surface area contributed by atoms with Crippen LogP contribution in [0.4, 0.5) is 4.79 Å². The molecule has 1 amide bonds. The molecular weight excluding hydrogens is 270 g/mol. The zero-order chi connectivity index (χ0) is 15.1. The Hall–Kier alpha value is -3.14. The maximum absolute atomic E-state index is 10.5. The van der Waals surface area contributed by atoms with E-state index in [0.29, 0.717) is 12.1 Å². The highest BCUT2D eigenvalue weighted by molar-refractivity contribution is 5.78. The number of amides is 1. The smallest absolute Gasteiger partial charge is 0.404 e. The lowest BCUT2D eigenvalue weighted by molar-refractivity contribution is 0.158. The van der Waals surface area contributed by atoms with Gasteiger partial charge in [0.05, 0.1) is 6.61 Å². The lowest BCUT2D eigenvalue weighted by Gasteiger charge is -2.04. The number of nitrogens with zero attached hydrogens (tertiary/aromatic N) is 4. The monoisotopic (exact) mass is 283 g/mol. The Kier molecular flexibility index (Phi) is 4.66. The number of hydrogen-bond donors (Lipinski definition) is 1. The van der Waals surface area contributed by atoms with E-state index < -0.39 is 6.09 Å². The van der Waals surface area contributed by atoms with Gasteiger partial charge in [0.25, 0.3) is 0 Å². The highest BCUT2D eigenvalue weighted by atomic mass is 16.5. The van der Waals surface area contributed by atoms with Gasteiger partial charge in [-0.1, -0.05) is 24.3 Å². The molecule has 0 saturated carbocycles. The first-order valence-electron chi connectivity index (χ1n) is 6.17. The second-order valence-electron chi connectivity index (χ2n) is 4.14. The largest absolute Gasteiger partial charge is 0.449 e. The molecule has 1 heterocycles. The fraction of sp³-hybridized carbons (Fsp3) is 0.143. The van der Waals surface area contributed by atoms with E-state index in [9.17, 15) is 4.79 Å². The topological polar surface area (TPSA) is 107 Å². The molecule has 0 spiro atoms. The molecule has 7 heteroatoms. The molecule has 0 aliphatic carbocycles. The molecule has 0 atom stereocenters. The number of carbonyl (C=O) groups excluding carboxylic acids is 1. The normalized spacial score (nSPS) is 10.9. The Morgan fingerprint density at radius 3 is 3.05 bits per heavy atom. The van der Waals surface area contributed by atoms with Crippen molar-refractivity contribution in [3.05, 3.63) is 48.0 Å². The van der Waals surface area contributed by atoms with Crippen LogP contribution in [0.1, 0.15) is 11.1 Å². The Bertz CT molecular complexity index is 686. The molecule has 2 aromatic rings. The lowest BCUT2D eigenvalue weighted by Crippen LogP contribution is -2.14. The summed E-state index contributed by atoms with van der Waals surface area (Å²) in [6.07, 6.45) is 4.29. The van der Waals surface area contributed by atoms with Gasteiger partial charge >= 0.3 is 6.09 Å². The van der Waals surface area contributed by atoms with Crippen molar-refractivity contribution >= 4 is 17.9 Å². The molecule has 0 radical (unpaired) electrons. The summed E-state index contributed by atoms with van der Waals surface area (Å²) in [5.74, 6) is 0. The zero-order valence-electron chi connectivity index (χ0n) is 11.1. The zero-order valence-corrected chi connectivity index (χ0v) is 11.1. The summed E-state index contributed by atoms with van der Waals surface area (Å²) in [5, 5.41) is 13.1. The molecule has 0 fully saturated rings. The Balaban J connectivity index is 2.13. The van der Waals surface area contributed by atoms with Gasteiger partial charge in [-0.05, 0) is 17.2 Å². The summed E-state index contributed by atoms with van der Waals surface area (Å²) in [6.45, 7) is 0.219. The Morgan fingerprint density at radius 1 is 1.52 bits per heavy atom. The minimum absolute atomic E-state index is 0.219. The number of rotatable bonds is 5. The fourth-order valence-corrected chi connectivity index (χ4v) is 1.75. The van der Waals surface area contributed by atoms with Crippen LogP contribution in [0, 0.1) is 11.3 Å². The summed E-state index contributed by atoms with van der Waals surface area (Å²) in [5.41, 5.74) is 7.08. The van der Waals surface area contributed by atoms with E-state index >= 15 is 0 Å². The van der Waals surface area contributed by atoms with Crippen molar-refractivity contribution in [2.45, 2.75) is 6.42 Å². The van der Waals surface area contributed by atoms with Crippen LogP contribution in [0.3, 0.4) is 0 Å². The van der Waals surface area contributed by atoms with Gasteiger partial charge in [0.2, 0.25) is 0 Å². The van der Waals surface area contributed by atoms with Crippen molar-refractivity contribution in [3.63, 3.8) is 0 Å². The number of ether oxygens (including phenoxy) is 1. The van der Waals surface area contributed by atoms with E-state index in [2.05, 4.69) is 16.2 Å². The van der Waals surface area contributed by atoms with E-state index in [1.54, 1.807) is 6.08 Å². The van der Waals surface area contributed by atoms with Crippen LogP contribution >= 0.6 is 0 Å². The number of aromatic nitrogens is 3. The van der Waals surface area contributed by atoms with E-state index in [4.69, 9.17) is 15.7 Å². The SMILES string of the molecule is N#CC(=Cc1cccc(CCOC(N)=O)c1)n1cncn1. The van der Waals surface area contributed by atoms with Crippen LogP contribution < -0.4 is 5.73 Å². The van der Waals surface area contributed by atoms with Crippen LogP contribution in [0.15, 0.2) is 36.9 Å². The number of benzene rings is 1. The van der Waals surface area contributed by atoms with Gasteiger partial charge in [-0.25, -0.2) is 14.5 Å². The second kappa shape index (κ2) is 6.86. The van der Waals surface area contributed by atoms with Crippen molar-refractivity contribution in [2.75, 3.05) is 6.61 Å². The number of nitriles is 1. The van der Waals surface area contributed by atoms with Crippen LogP contribution in [-0.2, 0) is 11.2 Å². The maximum Gasteiger partial charge on any atom is 0.404 e. The maximum atomic E-state index is 10.5. The fourth-order valence-electron chi connectivity index (χ4n) is 1.75. The Labute approximate surface area is 121 Å². The van der Waals surface area contributed by atoms with E-state index in [-0.39, 0.29) is 6.61 Å². The summed E-state index contributed by atoms with van der Waals surface area (Å²) in [7, 11) is 0. The first-order chi connectivity index (χ1) is 10.2. The average molecular weight is 283 g/mol. The molecule has 0 aliphatic rings. The van der Waals surface area contributed by atoms with Gasteiger partial charge < -0.3 is 10.5 Å². The third kappa shape index (κ3) is 4.18. The van der Waals surface area contributed by atoms with Gasteiger partial charge in [0, 0.05) is 6.42 Å². The molecule has 0 saturated heterocycles. The first-order valence-corrected chi connectivity index (χ1v) is 6.17. The number of allylic oxidation sites excluding steroid dienone is 1. The van der Waals surface area contributed by atoms with Gasteiger partial charge in [-0.15, -0.1) is 0 Å². The van der Waals surface area contributed by atoms with Gasteiger partial charge in [-0.2, -0.15) is 10.4 Å². The molecule has 0 bridgehead atoms. The van der Waals surface area contributed by atoms with Crippen LogP contribution in [0.25, 0.3) is 11.8 Å². The first kappa shape index (κ1) is 14.3. The molecule has 2 rings (SSSR count). The third-order valence-electron chi connectivity index (χ3n) is 2.67. The highest BCUT2D eigenvalue weighted by Crippen LogP contribution is 2.12. The molecule has 2 N–H and O–H groups in total. The highest BCUT2D eigenvalue weighted by Gasteiger charge is 2.02. The van der Waals surface area contributed by atoms with Crippen molar-refractivity contribution in [1.29, 1.82) is 5.26 Å². The summed E-state index contributed by atoms with van der Waals surface area (Å²) in [4.78, 5) is 14.3. The van der Waals surface area contributed by atoms with E-state index in [0.717, 1.165) is 11.1 Å². The molecule has 1 aromatic heterocycles. The van der Waals surface area contributed by atoms with Gasteiger partial charge in [0.1, 0.15) is 24.4 Å². The van der Waals surface area contributed by atoms with Crippen LogP contribution in [0.5, 0.6) is 0 Å². The summed E-state index contributed by atoms with van der Waals surface area (Å²) < 4.78 is 6.09. The predicted molar refractivity (Wildman–Crippen MR) is 75.5 cm³/mol. The quantitative estimate of drug-likeness (QED) is 0.835. The third-order valence-corrected chi connectivity index (χ3v) is 2.67. The number of nitrogens with two attached hydrogens (primary N) is 1. The molecular formula is C14H13N5O2. The van der Waals surface area contributed by atoms with Crippen molar-refractivity contribution < 1.29 is 9.53 Å². The summed E-state index contributed by atoms with van der Waals surface area (Å²) >= 11 is 0. The van der Waals surface area contributed by atoms with Gasteiger partial charge in [0.15, 0.2) is 0 Å². The molecule has 1 aromatic carbocycles. The molecule has 0 aliphatic heterocycles. The standard InChI is InChI=1S/C14H13N5O2/c15-8-13(19-10-17-9-18-19)7-12-3-1-2-11(6-12)4-5-21-14(16)20/h1-3,6-7,9-10H,4-5H2,(H2,16,20). The molecule has 106 valence electrons. The number of carbonyl (C=O) groups is 1. The molecule has 21 heavy (non-hydrogen) atoms. The van der Waals surface area contributed by atoms with Gasteiger partial charge in [-0.3, -0.25) is 0 Å². The minimum Gasteiger partial charge on any atom is -0.449 e. The Morgan fingerprint density at radius 2 is 2.38 bits per heavy atom. The van der Waals surface area contributed by atoms with Crippen molar-refractivity contribution in [1.82, 2.24) is 14.8 Å². The van der Waals surface area contributed by atoms with Crippen molar-refractivity contribution in [2.24, 2.45) is 5.73 Å². The van der Waals surface area contributed by atoms with Crippen LogP contribution in [-0.4, -0.2) is 27.5 Å². The van der Waals surface area contributed by atoms with Crippen LogP contribution in [0.2, 0.25) is 0 Å². The molecule has 7 nitrogen and oxygen atoms in total.